The van der Waals surface area contributed by atoms with Crippen molar-refractivity contribution < 1.29 is 18.7 Å². The number of amides is 2. The largest absolute Gasteiger partial charge is 0.378 e. The number of rotatable bonds is 4. The Kier molecular flexibility index (Phi) is 5.58. The van der Waals surface area contributed by atoms with Gasteiger partial charge in [0.15, 0.2) is 0 Å². The summed E-state index contributed by atoms with van der Waals surface area (Å²) >= 11 is 4.07. The first-order valence-corrected chi connectivity index (χ1v) is 7.15. The number of nitrogens with one attached hydrogen (secondary N) is 1. The summed E-state index contributed by atoms with van der Waals surface area (Å²) < 4.78 is 18.7. The lowest BCUT2D eigenvalue weighted by Gasteiger charge is -2.26. The molecule has 1 aliphatic rings. The van der Waals surface area contributed by atoms with Crippen LogP contribution < -0.4 is 5.32 Å². The van der Waals surface area contributed by atoms with Gasteiger partial charge in [0, 0.05) is 31.0 Å². The minimum Gasteiger partial charge on any atom is -0.378 e. The molecule has 1 fully saturated rings. The Morgan fingerprint density at radius 2 is 2.05 bits per heavy atom. The fraction of sp³-hybridized carbons (Fsp3) is 0.429. The summed E-state index contributed by atoms with van der Waals surface area (Å²) in [5, 5.41) is 2.55. The molecule has 0 bridgehead atoms. The summed E-state index contributed by atoms with van der Waals surface area (Å²) in [6.07, 6.45) is 0.188. The van der Waals surface area contributed by atoms with E-state index in [1.54, 1.807) is 4.90 Å². The van der Waals surface area contributed by atoms with Crippen LogP contribution in [0.25, 0.3) is 0 Å². The van der Waals surface area contributed by atoms with Crippen LogP contribution in [0.15, 0.2) is 23.1 Å². The van der Waals surface area contributed by atoms with Crippen LogP contribution in [0.4, 0.5) is 4.39 Å². The highest BCUT2D eigenvalue weighted by Crippen LogP contribution is 2.13. The first kappa shape index (κ1) is 15.8. The van der Waals surface area contributed by atoms with Crippen LogP contribution in [0.3, 0.4) is 0 Å². The summed E-state index contributed by atoms with van der Waals surface area (Å²) in [5.74, 6) is -1.19. The van der Waals surface area contributed by atoms with Crippen LogP contribution in [-0.2, 0) is 9.53 Å². The maximum absolute atomic E-state index is 13.5. The average molecular weight is 312 g/mol. The molecule has 0 unspecified atom stereocenters. The Hall–Kier alpha value is -1.60. The van der Waals surface area contributed by atoms with Gasteiger partial charge in [-0.2, -0.15) is 0 Å². The van der Waals surface area contributed by atoms with Crippen molar-refractivity contribution in [2.45, 2.75) is 11.3 Å². The maximum Gasteiger partial charge on any atom is 0.254 e. The van der Waals surface area contributed by atoms with Crippen molar-refractivity contribution in [3.05, 3.63) is 29.6 Å². The summed E-state index contributed by atoms with van der Waals surface area (Å²) in [4.78, 5) is 25.9. The van der Waals surface area contributed by atoms with E-state index in [0.717, 1.165) is 0 Å². The molecule has 0 radical (unpaired) electrons. The molecule has 21 heavy (non-hydrogen) atoms. The van der Waals surface area contributed by atoms with E-state index >= 15 is 0 Å². The quantitative estimate of drug-likeness (QED) is 0.819. The van der Waals surface area contributed by atoms with Gasteiger partial charge in [-0.05, 0) is 18.2 Å². The predicted octanol–water partition coefficient (Wildman–Crippen LogP) is 1.09. The van der Waals surface area contributed by atoms with E-state index in [4.69, 9.17) is 4.74 Å². The highest BCUT2D eigenvalue weighted by Gasteiger charge is 2.17. The van der Waals surface area contributed by atoms with Crippen LogP contribution >= 0.6 is 12.6 Å². The van der Waals surface area contributed by atoms with Gasteiger partial charge in [-0.1, -0.05) is 0 Å². The number of hydrogen-bond donors (Lipinski definition) is 2. The Morgan fingerprint density at radius 3 is 2.76 bits per heavy atom. The van der Waals surface area contributed by atoms with Crippen LogP contribution in [0.2, 0.25) is 0 Å². The Bertz CT molecular complexity index is 533. The van der Waals surface area contributed by atoms with Gasteiger partial charge in [-0.25, -0.2) is 4.39 Å². The molecule has 0 spiro atoms. The molecule has 1 aromatic rings. The highest BCUT2D eigenvalue weighted by atomic mass is 32.1. The average Bonchev–Trinajstić information content (AvgIpc) is 2.50. The number of carbonyl (C=O) groups excluding carboxylic acids is 2. The van der Waals surface area contributed by atoms with E-state index < -0.39 is 11.7 Å². The Balaban J connectivity index is 1.81. The lowest BCUT2D eigenvalue weighted by molar-refractivity contribution is -0.135. The molecule has 1 N–H and O–H groups in total. The number of hydrogen-bond acceptors (Lipinski definition) is 4. The van der Waals surface area contributed by atoms with Gasteiger partial charge in [-0.3, -0.25) is 9.59 Å². The first-order valence-electron chi connectivity index (χ1n) is 6.70. The van der Waals surface area contributed by atoms with Crippen molar-refractivity contribution in [1.29, 1.82) is 0 Å². The summed E-state index contributed by atoms with van der Waals surface area (Å²) in [5.41, 5.74) is -0.0682. The standard InChI is InChI=1S/C14H17FN2O3S/c15-12-2-1-10(21)9-11(12)14(19)16-4-3-13(18)17-5-7-20-8-6-17/h1-2,9,21H,3-8H2,(H,16,19). The second kappa shape index (κ2) is 7.42. The smallest absolute Gasteiger partial charge is 0.254 e. The molecule has 2 amide bonds. The van der Waals surface area contributed by atoms with Gasteiger partial charge < -0.3 is 15.0 Å². The molecule has 5 nitrogen and oxygen atoms in total. The number of nitrogens with zero attached hydrogens (tertiary/aromatic N) is 1. The molecule has 1 aromatic carbocycles. The van der Waals surface area contributed by atoms with Crippen LogP contribution in [-0.4, -0.2) is 49.6 Å². The van der Waals surface area contributed by atoms with E-state index in [9.17, 15) is 14.0 Å². The number of halogens is 1. The lowest BCUT2D eigenvalue weighted by Crippen LogP contribution is -2.42. The van der Waals surface area contributed by atoms with Gasteiger partial charge in [0.05, 0.1) is 18.8 Å². The minimum absolute atomic E-state index is 0.0398. The number of carbonyl (C=O) groups is 2. The van der Waals surface area contributed by atoms with Gasteiger partial charge in [0.2, 0.25) is 5.91 Å². The highest BCUT2D eigenvalue weighted by molar-refractivity contribution is 7.80. The molecule has 114 valence electrons. The van der Waals surface area contributed by atoms with Crippen molar-refractivity contribution in [2.24, 2.45) is 0 Å². The molecule has 2 rings (SSSR count). The van der Waals surface area contributed by atoms with Crippen molar-refractivity contribution in [2.75, 3.05) is 32.8 Å². The number of benzene rings is 1. The minimum atomic E-state index is -0.607. The normalized spacial score (nSPS) is 14.9. The van der Waals surface area contributed by atoms with E-state index in [2.05, 4.69) is 17.9 Å². The van der Waals surface area contributed by atoms with Gasteiger partial charge in [0.25, 0.3) is 5.91 Å². The SMILES string of the molecule is O=C(NCCC(=O)N1CCOCC1)c1cc(S)ccc1F. The molecular formula is C14H17FN2O3S. The van der Waals surface area contributed by atoms with Crippen molar-refractivity contribution >= 4 is 24.4 Å². The number of thiol groups is 1. The van der Waals surface area contributed by atoms with Crippen molar-refractivity contribution in [3.8, 4) is 0 Å². The zero-order valence-corrected chi connectivity index (χ0v) is 12.4. The molecule has 0 saturated carbocycles. The molecule has 0 aliphatic carbocycles. The fourth-order valence-corrected chi connectivity index (χ4v) is 2.24. The second-order valence-corrected chi connectivity index (χ2v) is 5.18. The maximum atomic E-state index is 13.5. The van der Waals surface area contributed by atoms with Crippen LogP contribution in [0, 0.1) is 5.82 Å². The Labute approximate surface area is 127 Å². The van der Waals surface area contributed by atoms with Crippen LogP contribution in [0.1, 0.15) is 16.8 Å². The lowest BCUT2D eigenvalue weighted by atomic mass is 10.2. The van der Waals surface area contributed by atoms with Crippen molar-refractivity contribution in [1.82, 2.24) is 10.2 Å². The summed E-state index contributed by atoms with van der Waals surface area (Å²) in [7, 11) is 0. The predicted molar refractivity (Wildman–Crippen MR) is 78.0 cm³/mol. The molecule has 1 aliphatic heterocycles. The van der Waals surface area contributed by atoms with Gasteiger partial charge >= 0.3 is 0 Å². The third kappa shape index (κ3) is 4.44. The summed E-state index contributed by atoms with van der Waals surface area (Å²) in [6, 6.07) is 4.02. The zero-order chi connectivity index (χ0) is 15.2. The van der Waals surface area contributed by atoms with E-state index in [1.165, 1.54) is 18.2 Å². The molecule has 1 saturated heterocycles. The number of ether oxygens (including phenoxy) is 1. The van der Waals surface area contributed by atoms with E-state index in [-0.39, 0.29) is 24.4 Å². The van der Waals surface area contributed by atoms with Gasteiger partial charge in [0.1, 0.15) is 5.82 Å². The first-order chi connectivity index (χ1) is 10.1. The zero-order valence-electron chi connectivity index (χ0n) is 11.5. The van der Waals surface area contributed by atoms with Crippen molar-refractivity contribution in [3.63, 3.8) is 0 Å². The third-order valence-corrected chi connectivity index (χ3v) is 3.46. The Morgan fingerprint density at radius 1 is 1.33 bits per heavy atom. The molecule has 0 aromatic heterocycles. The monoisotopic (exact) mass is 312 g/mol. The second-order valence-electron chi connectivity index (χ2n) is 4.66. The van der Waals surface area contributed by atoms with E-state index in [1.807, 2.05) is 0 Å². The topological polar surface area (TPSA) is 58.6 Å². The molecule has 0 atom stereocenters. The third-order valence-electron chi connectivity index (χ3n) is 3.18. The summed E-state index contributed by atoms with van der Waals surface area (Å²) in [6.45, 7) is 2.40. The van der Waals surface area contributed by atoms with Crippen LogP contribution in [0.5, 0.6) is 0 Å². The molecule has 1 heterocycles. The molecular weight excluding hydrogens is 295 g/mol. The molecule has 7 heteroatoms. The number of morpholine rings is 1. The van der Waals surface area contributed by atoms with Gasteiger partial charge in [-0.15, -0.1) is 12.6 Å². The van der Waals surface area contributed by atoms with E-state index in [0.29, 0.717) is 31.2 Å². The fourth-order valence-electron chi connectivity index (χ4n) is 2.04.